The first kappa shape index (κ1) is 34.3. The van der Waals surface area contributed by atoms with E-state index in [2.05, 4.69) is 0 Å². The Kier molecular flexibility index (Phi) is 9.37. The summed E-state index contributed by atoms with van der Waals surface area (Å²) in [7, 11) is 1.44. The molecular weight excluding hydrogens is 686 g/mol. The highest BCUT2D eigenvalue weighted by Crippen LogP contribution is 2.55. The number of nitrogens with zero attached hydrogens (tertiary/aromatic N) is 1. The van der Waals surface area contributed by atoms with E-state index in [1.807, 2.05) is 0 Å². The lowest BCUT2D eigenvalue weighted by atomic mass is 9.83. The van der Waals surface area contributed by atoms with Crippen LogP contribution in [0.25, 0.3) is 0 Å². The lowest BCUT2D eigenvalue weighted by Crippen LogP contribution is -2.61. The van der Waals surface area contributed by atoms with Crippen LogP contribution in [-0.2, 0) is 32.2 Å². The molecule has 0 aromatic heterocycles. The molecule has 1 unspecified atom stereocenters. The summed E-state index contributed by atoms with van der Waals surface area (Å²) in [5.41, 5.74) is -0.150. The van der Waals surface area contributed by atoms with Crippen molar-refractivity contribution < 1.29 is 49.8 Å². The Balaban J connectivity index is 1.44. The molecular formula is C31H24Cl2F7NO4S. The molecule has 0 bridgehead atoms. The lowest BCUT2D eigenvalue weighted by Gasteiger charge is -2.47. The van der Waals surface area contributed by atoms with Crippen molar-refractivity contribution in [1.82, 2.24) is 4.90 Å². The molecule has 5 rings (SSSR count). The fourth-order valence-electron chi connectivity index (χ4n) is 5.54. The first-order valence-electron chi connectivity index (χ1n) is 13.6. The molecule has 2 aliphatic heterocycles. The zero-order valence-electron chi connectivity index (χ0n) is 23.8. The van der Waals surface area contributed by atoms with Gasteiger partial charge >= 0.3 is 12.4 Å². The normalized spacial score (nSPS) is 17.0. The molecule has 1 saturated heterocycles. The molecule has 2 aliphatic rings. The van der Waals surface area contributed by atoms with Gasteiger partial charge in [0.05, 0.1) is 36.9 Å². The zero-order valence-corrected chi connectivity index (χ0v) is 26.2. The number of fused-ring (bicyclic) bond motifs is 2. The number of ether oxygens (including phenoxy) is 2. The zero-order chi connectivity index (χ0) is 33.7. The van der Waals surface area contributed by atoms with Crippen molar-refractivity contribution in [3.63, 3.8) is 0 Å². The summed E-state index contributed by atoms with van der Waals surface area (Å²) in [4.78, 5) is 26.6. The largest absolute Gasteiger partial charge is 0.497 e. The fraction of sp³-hybridized carbons (Fsp3) is 0.355. The van der Waals surface area contributed by atoms with E-state index < -0.39 is 68.7 Å². The second-order valence-corrected chi connectivity index (χ2v) is 13.1. The number of hydrogen-bond donors (Lipinski definition) is 0. The maximum absolute atomic E-state index is 15.2. The van der Waals surface area contributed by atoms with Crippen molar-refractivity contribution in [2.75, 3.05) is 20.2 Å². The van der Waals surface area contributed by atoms with Crippen molar-refractivity contribution in [3.05, 3.63) is 98.3 Å². The summed E-state index contributed by atoms with van der Waals surface area (Å²) < 4.78 is 106. The van der Waals surface area contributed by atoms with Gasteiger partial charge in [-0.25, -0.2) is 4.39 Å². The second-order valence-electron chi connectivity index (χ2n) is 11.0. The summed E-state index contributed by atoms with van der Waals surface area (Å²) in [6, 6.07) is 12.1. The van der Waals surface area contributed by atoms with E-state index in [1.165, 1.54) is 25.3 Å². The van der Waals surface area contributed by atoms with Crippen molar-refractivity contribution in [2.24, 2.45) is 0 Å². The van der Waals surface area contributed by atoms with Crippen molar-refractivity contribution in [2.45, 2.75) is 47.9 Å². The minimum absolute atomic E-state index is 0.0580. The number of rotatable bonds is 9. The van der Waals surface area contributed by atoms with E-state index in [0.717, 1.165) is 17.0 Å². The number of thioether (sulfide) groups is 1. The van der Waals surface area contributed by atoms with E-state index in [1.54, 1.807) is 24.3 Å². The summed E-state index contributed by atoms with van der Waals surface area (Å²) in [6.07, 6.45) is -12.4. The van der Waals surface area contributed by atoms with Gasteiger partial charge in [-0.05, 0) is 52.6 Å². The summed E-state index contributed by atoms with van der Waals surface area (Å²) in [5.74, 6) is -2.80. The minimum atomic E-state index is -5.05. The molecule has 0 N–H and O–H groups in total. The molecule has 3 aromatic rings. The van der Waals surface area contributed by atoms with Crippen LogP contribution in [0.5, 0.6) is 5.75 Å². The molecule has 0 aliphatic carbocycles. The fourth-order valence-corrected chi connectivity index (χ4v) is 7.32. The third kappa shape index (κ3) is 6.69. The van der Waals surface area contributed by atoms with Crippen LogP contribution in [-0.4, -0.2) is 49.1 Å². The van der Waals surface area contributed by atoms with E-state index in [-0.39, 0.29) is 31.0 Å². The van der Waals surface area contributed by atoms with Crippen LogP contribution in [0.15, 0.2) is 54.6 Å². The van der Waals surface area contributed by atoms with Crippen LogP contribution < -0.4 is 4.74 Å². The molecule has 0 radical (unpaired) electrons. The molecule has 15 heteroatoms. The Morgan fingerprint density at radius 2 is 1.59 bits per heavy atom. The number of alkyl halides is 6. The van der Waals surface area contributed by atoms with Crippen molar-refractivity contribution >= 4 is 46.7 Å². The van der Waals surface area contributed by atoms with E-state index >= 15 is 13.2 Å². The molecule has 5 nitrogen and oxygen atoms in total. The lowest BCUT2D eigenvalue weighted by molar-refractivity contribution is -0.185. The highest BCUT2D eigenvalue weighted by molar-refractivity contribution is 7.99. The first-order valence-corrected chi connectivity index (χ1v) is 15.3. The molecule has 1 spiro atoms. The van der Waals surface area contributed by atoms with Gasteiger partial charge in [-0.1, -0.05) is 47.5 Å². The number of halogens is 9. The topological polar surface area (TPSA) is 55.8 Å². The van der Waals surface area contributed by atoms with Gasteiger partial charge in [0, 0.05) is 17.7 Å². The van der Waals surface area contributed by atoms with Gasteiger partial charge < -0.3 is 14.4 Å². The van der Waals surface area contributed by atoms with E-state index in [4.69, 9.17) is 32.7 Å². The average Bonchev–Trinajstić information content (AvgIpc) is 3.35. The van der Waals surface area contributed by atoms with E-state index in [9.17, 15) is 27.2 Å². The van der Waals surface area contributed by atoms with Gasteiger partial charge in [-0.2, -0.15) is 26.3 Å². The highest BCUT2D eigenvalue weighted by Gasteiger charge is 2.58. The number of benzene rings is 3. The Morgan fingerprint density at radius 3 is 2.15 bits per heavy atom. The summed E-state index contributed by atoms with van der Waals surface area (Å²) in [5, 5.41) is -1.28. The van der Waals surface area contributed by atoms with Crippen LogP contribution in [0.4, 0.5) is 30.7 Å². The van der Waals surface area contributed by atoms with Gasteiger partial charge in [0.25, 0.3) is 0 Å². The average molecular weight is 710 g/mol. The van der Waals surface area contributed by atoms with Crippen LogP contribution in [0.3, 0.4) is 0 Å². The molecule has 1 amide bonds. The van der Waals surface area contributed by atoms with Crippen LogP contribution in [0, 0.1) is 5.82 Å². The number of Topliss-reactive ketones (excluding diaryl/α,β-unsaturated/α-hetero) is 1. The number of likely N-dealkylation sites (tertiary alicyclic amines) is 1. The van der Waals surface area contributed by atoms with E-state index in [0.29, 0.717) is 34.2 Å². The number of ketones is 1. The third-order valence-corrected chi connectivity index (χ3v) is 10.1. The second kappa shape index (κ2) is 12.6. The molecule has 1 atom stereocenters. The van der Waals surface area contributed by atoms with Gasteiger partial charge in [0.2, 0.25) is 5.91 Å². The Morgan fingerprint density at radius 1 is 0.957 bits per heavy atom. The van der Waals surface area contributed by atoms with Crippen molar-refractivity contribution in [3.8, 4) is 5.75 Å². The number of amides is 1. The van der Waals surface area contributed by atoms with Gasteiger partial charge in [0.15, 0.2) is 11.6 Å². The Labute approximate surface area is 272 Å². The summed E-state index contributed by atoms with van der Waals surface area (Å²) >= 11 is 12.3. The van der Waals surface area contributed by atoms with Crippen LogP contribution >= 0.6 is 35.0 Å². The molecule has 46 heavy (non-hydrogen) atoms. The van der Waals surface area contributed by atoms with Gasteiger partial charge in [0.1, 0.15) is 22.5 Å². The predicted molar refractivity (Wildman–Crippen MR) is 158 cm³/mol. The SMILES string of the molecule is COc1ccc(CSC(CC(=O)c2ccc3c(c2)COC32CN(C(=O)CC(F)(F)F)C2)(c2cc(Cl)c(F)c(Cl)c2)C(F)(F)F)cc1. The molecule has 0 saturated carbocycles. The quantitative estimate of drug-likeness (QED) is 0.127. The standard InChI is InChI=1S/C31H24Cl2F7NO4S/c1-44-21-5-2-17(3-6-21)14-46-29(31(38,39)40,20-9-23(32)27(34)24(33)10-20)11-25(42)18-4-7-22-19(8-18)13-45-28(22)15-41(16-28)26(43)12-30(35,36)37/h2-10H,11-16H2,1H3. The molecule has 1 fully saturated rings. The Bertz CT molecular complexity index is 1640. The number of methoxy groups -OCH3 is 1. The smallest absolute Gasteiger partial charge is 0.407 e. The maximum Gasteiger partial charge on any atom is 0.407 e. The number of carbonyl (C=O) groups is 2. The number of hydrogen-bond acceptors (Lipinski definition) is 5. The molecule has 246 valence electrons. The predicted octanol–water partition coefficient (Wildman–Crippen LogP) is 8.63. The monoisotopic (exact) mass is 709 g/mol. The molecule has 2 heterocycles. The van der Waals surface area contributed by atoms with Crippen molar-refractivity contribution in [1.29, 1.82) is 0 Å². The number of carbonyl (C=O) groups excluding carboxylic acids is 2. The maximum atomic E-state index is 15.2. The van der Waals surface area contributed by atoms with Gasteiger partial charge in [-0.3, -0.25) is 9.59 Å². The summed E-state index contributed by atoms with van der Waals surface area (Å²) in [6.45, 7) is -0.321. The van der Waals surface area contributed by atoms with Gasteiger partial charge in [-0.15, -0.1) is 11.8 Å². The first-order chi connectivity index (χ1) is 21.5. The van der Waals surface area contributed by atoms with Crippen LogP contribution in [0.1, 0.15) is 45.5 Å². The third-order valence-electron chi connectivity index (χ3n) is 7.98. The minimum Gasteiger partial charge on any atom is -0.497 e. The molecule has 3 aromatic carbocycles. The van der Waals surface area contributed by atoms with Crippen LogP contribution in [0.2, 0.25) is 10.0 Å². The Hall–Kier alpha value is -3.00. The highest BCUT2D eigenvalue weighted by atomic mass is 35.5.